The van der Waals surface area contributed by atoms with Crippen molar-refractivity contribution in [2.24, 2.45) is 5.41 Å². The van der Waals surface area contributed by atoms with E-state index in [2.05, 4.69) is 5.32 Å². The molecule has 23 heavy (non-hydrogen) atoms. The molecule has 128 valence electrons. The number of carbonyl (C=O) groups is 2. The van der Waals surface area contributed by atoms with Gasteiger partial charge in [-0.3, -0.25) is 4.79 Å². The molecule has 1 aromatic rings. The van der Waals surface area contributed by atoms with Gasteiger partial charge in [-0.1, -0.05) is 51.1 Å². The number of carboxylic acids is 1. The topological polar surface area (TPSA) is 95.9 Å². The molecule has 0 aliphatic carbocycles. The van der Waals surface area contributed by atoms with E-state index in [0.717, 1.165) is 5.56 Å². The minimum atomic E-state index is -0.976. The van der Waals surface area contributed by atoms with E-state index in [0.29, 0.717) is 0 Å². The number of hydrogen-bond donors (Lipinski definition) is 3. The second kappa shape index (κ2) is 8.53. The van der Waals surface area contributed by atoms with E-state index < -0.39 is 29.6 Å². The van der Waals surface area contributed by atoms with Crippen LogP contribution in [-0.2, 0) is 16.1 Å². The van der Waals surface area contributed by atoms with Crippen LogP contribution in [-0.4, -0.2) is 34.4 Å². The largest absolute Gasteiger partial charge is 0.481 e. The van der Waals surface area contributed by atoms with Crippen molar-refractivity contribution in [3.8, 4) is 0 Å². The standard InChI is InChI=1S/C17H25NO5/c1-17(2,3)15(21)13(9-10-14(19)20)18-16(22)23-11-12-7-5-4-6-8-12/h4-8,13,15,21H,9-11H2,1-3H3,(H,18,22)(H,19,20). The van der Waals surface area contributed by atoms with Crippen molar-refractivity contribution < 1.29 is 24.5 Å². The molecule has 1 rings (SSSR count). The zero-order valence-corrected chi connectivity index (χ0v) is 13.8. The Morgan fingerprint density at radius 2 is 1.83 bits per heavy atom. The van der Waals surface area contributed by atoms with Crippen molar-refractivity contribution in [2.75, 3.05) is 0 Å². The number of carbonyl (C=O) groups excluding carboxylic acids is 1. The smallest absolute Gasteiger partial charge is 0.407 e. The molecule has 1 aromatic carbocycles. The Balaban J connectivity index is 2.60. The molecule has 3 N–H and O–H groups in total. The minimum Gasteiger partial charge on any atom is -0.481 e. The third-order valence-electron chi connectivity index (χ3n) is 3.45. The highest BCUT2D eigenvalue weighted by Gasteiger charge is 2.32. The molecule has 0 aromatic heterocycles. The Hall–Kier alpha value is -2.08. The summed E-state index contributed by atoms with van der Waals surface area (Å²) in [7, 11) is 0. The molecule has 0 saturated carbocycles. The molecule has 0 spiro atoms. The molecule has 1 amide bonds. The number of nitrogens with one attached hydrogen (secondary N) is 1. The first-order valence-electron chi connectivity index (χ1n) is 7.57. The third kappa shape index (κ3) is 7.15. The molecular formula is C17H25NO5. The van der Waals surface area contributed by atoms with Crippen molar-refractivity contribution >= 4 is 12.1 Å². The number of amides is 1. The van der Waals surface area contributed by atoms with Gasteiger partial charge in [0.25, 0.3) is 0 Å². The maximum Gasteiger partial charge on any atom is 0.407 e. The van der Waals surface area contributed by atoms with Gasteiger partial charge in [-0.05, 0) is 17.4 Å². The number of aliphatic hydroxyl groups is 1. The average molecular weight is 323 g/mol. The van der Waals surface area contributed by atoms with Crippen LogP contribution in [0, 0.1) is 5.41 Å². The Bertz CT molecular complexity index is 509. The summed E-state index contributed by atoms with van der Waals surface area (Å²) in [6, 6.07) is 8.53. The van der Waals surface area contributed by atoms with Crippen LogP contribution in [0.25, 0.3) is 0 Å². The lowest BCUT2D eigenvalue weighted by Crippen LogP contribution is -2.49. The van der Waals surface area contributed by atoms with Crippen LogP contribution in [0.4, 0.5) is 4.79 Å². The number of carboxylic acid groups (broad SMARTS) is 1. The highest BCUT2D eigenvalue weighted by molar-refractivity contribution is 5.69. The van der Waals surface area contributed by atoms with Crippen molar-refractivity contribution in [3.63, 3.8) is 0 Å². The predicted molar refractivity (Wildman–Crippen MR) is 85.9 cm³/mol. The summed E-state index contributed by atoms with van der Waals surface area (Å²) in [6.45, 7) is 5.58. The molecule has 0 aliphatic heterocycles. The summed E-state index contributed by atoms with van der Waals surface area (Å²) >= 11 is 0. The second-order valence-electron chi connectivity index (χ2n) is 6.56. The Morgan fingerprint density at radius 1 is 1.22 bits per heavy atom. The first-order valence-corrected chi connectivity index (χ1v) is 7.57. The van der Waals surface area contributed by atoms with E-state index >= 15 is 0 Å². The van der Waals surface area contributed by atoms with Gasteiger partial charge in [-0.2, -0.15) is 0 Å². The zero-order chi connectivity index (χ0) is 17.5. The number of hydrogen-bond acceptors (Lipinski definition) is 4. The van der Waals surface area contributed by atoms with Gasteiger partial charge in [0.05, 0.1) is 12.1 Å². The quantitative estimate of drug-likeness (QED) is 0.716. The molecule has 0 bridgehead atoms. The molecule has 0 fully saturated rings. The summed E-state index contributed by atoms with van der Waals surface area (Å²) in [5.74, 6) is -0.976. The maximum absolute atomic E-state index is 11.9. The fourth-order valence-corrected chi connectivity index (χ4v) is 2.11. The summed E-state index contributed by atoms with van der Waals surface area (Å²) in [5, 5.41) is 21.7. The molecule has 0 aliphatic rings. The van der Waals surface area contributed by atoms with Gasteiger partial charge >= 0.3 is 12.1 Å². The Morgan fingerprint density at radius 3 is 2.35 bits per heavy atom. The van der Waals surface area contributed by atoms with Gasteiger partial charge in [-0.25, -0.2) is 4.79 Å². The monoisotopic (exact) mass is 323 g/mol. The number of aliphatic carboxylic acids is 1. The second-order valence-corrected chi connectivity index (χ2v) is 6.56. The number of aliphatic hydroxyl groups excluding tert-OH is 1. The van der Waals surface area contributed by atoms with Gasteiger partial charge in [-0.15, -0.1) is 0 Å². The summed E-state index contributed by atoms with van der Waals surface area (Å²) in [4.78, 5) is 22.7. The van der Waals surface area contributed by atoms with Crippen LogP contribution in [0.3, 0.4) is 0 Å². The maximum atomic E-state index is 11.9. The highest BCUT2D eigenvalue weighted by atomic mass is 16.5. The Labute approximate surface area is 136 Å². The minimum absolute atomic E-state index is 0.115. The van der Waals surface area contributed by atoms with Gasteiger partial charge in [0, 0.05) is 6.42 Å². The van der Waals surface area contributed by atoms with Crippen molar-refractivity contribution in [3.05, 3.63) is 35.9 Å². The molecule has 6 heteroatoms. The average Bonchev–Trinajstić information content (AvgIpc) is 2.48. The van der Waals surface area contributed by atoms with Crippen molar-refractivity contribution in [1.82, 2.24) is 5.32 Å². The number of alkyl carbamates (subject to hydrolysis) is 1. The van der Waals surface area contributed by atoms with Gasteiger partial charge in [0.2, 0.25) is 0 Å². The van der Waals surface area contributed by atoms with Gasteiger partial charge in [0.15, 0.2) is 0 Å². The van der Waals surface area contributed by atoms with Crippen LogP contribution < -0.4 is 5.32 Å². The third-order valence-corrected chi connectivity index (χ3v) is 3.45. The fourth-order valence-electron chi connectivity index (χ4n) is 2.11. The van der Waals surface area contributed by atoms with E-state index in [-0.39, 0.29) is 19.4 Å². The van der Waals surface area contributed by atoms with E-state index in [9.17, 15) is 14.7 Å². The van der Waals surface area contributed by atoms with Crippen molar-refractivity contribution in [1.29, 1.82) is 0 Å². The fraction of sp³-hybridized carbons (Fsp3) is 0.529. The van der Waals surface area contributed by atoms with Gasteiger partial charge in [0.1, 0.15) is 6.61 Å². The first kappa shape index (κ1) is 19.0. The van der Waals surface area contributed by atoms with E-state index in [1.165, 1.54) is 0 Å². The van der Waals surface area contributed by atoms with E-state index in [1.807, 2.05) is 51.1 Å². The number of rotatable bonds is 7. The lowest BCUT2D eigenvalue weighted by molar-refractivity contribution is -0.137. The summed E-state index contributed by atoms with van der Waals surface area (Å²) < 4.78 is 5.12. The van der Waals surface area contributed by atoms with Gasteiger partial charge < -0.3 is 20.3 Å². The molecule has 6 nitrogen and oxygen atoms in total. The molecule has 0 heterocycles. The van der Waals surface area contributed by atoms with Crippen LogP contribution in [0.2, 0.25) is 0 Å². The van der Waals surface area contributed by atoms with Crippen LogP contribution in [0.5, 0.6) is 0 Å². The lowest BCUT2D eigenvalue weighted by atomic mass is 9.83. The SMILES string of the molecule is CC(C)(C)C(O)C(CCC(=O)O)NC(=O)OCc1ccccc1. The van der Waals surface area contributed by atoms with Crippen LogP contribution in [0.15, 0.2) is 30.3 Å². The highest BCUT2D eigenvalue weighted by Crippen LogP contribution is 2.24. The van der Waals surface area contributed by atoms with Crippen LogP contribution in [0.1, 0.15) is 39.2 Å². The lowest BCUT2D eigenvalue weighted by Gasteiger charge is -2.33. The van der Waals surface area contributed by atoms with E-state index in [4.69, 9.17) is 9.84 Å². The first-order chi connectivity index (χ1) is 10.7. The van der Waals surface area contributed by atoms with E-state index in [1.54, 1.807) is 0 Å². The molecule has 2 unspecified atom stereocenters. The summed E-state index contributed by atoms with van der Waals surface area (Å²) in [5.41, 5.74) is 0.358. The van der Waals surface area contributed by atoms with Crippen molar-refractivity contribution in [2.45, 2.75) is 52.4 Å². The summed E-state index contributed by atoms with van der Waals surface area (Å²) in [6.07, 6.45) is -1.57. The van der Waals surface area contributed by atoms with Crippen LogP contribution >= 0.6 is 0 Å². The normalized spacial score (nSPS) is 13.9. The number of benzene rings is 1. The molecule has 2 atom stereocenters. The predicted octanol–water partition coefficient (Wildman–Crippen LogP) is 2.55. The molecule has 0 radical (unpaired) electrons. The molecular weight excluding hydrogens is 298 g/mol. The Kier molecular flexibility index (Phi) is 7.03. The number of ether oxygens (including phenoxy) is 1. The molecule has 0 saturated heterocycles. The zero-order valence-electron chi connectivity index (χ0n) is 13.8.